The fourth-order valence-electron chi connectivity index (χ4n) is 1.83. The van der Waals surface area contributed by atoms with E-state index in [4.69, 9.17) is 26.3 Å². The Bertz CT molecular complexity index is 632. The van der Waals surface area contributed by atoms with Gasteiger partial charge in [-0.25, -0.2) is 0 Å². The quantitative estimate of drug-likeness (QED) is 0.752. The lowest BCUT2D eigenvalue weighted by Crippen LogP contribution is -2.09. The summed E-state index contributed by atoms with van der Waals surface area (Å²) in [6.07, 6.45) is 0.412. The van der Waals surface area contributed by atoms with Crippen molar-refractivity contribution in [3.63, 3.8) is 0 Å². The van der Waals surface area contributed by atoms with Crippen molar-refractivity contribution in [1.82, 2.24) is 0 Å². The van der Waals surface area contributed by atoms with Crippen molar-refractivity contribution in [3.05, 3.63) is 58.6 Å². The van der Waals surface area contributed by atoms with Crippen LogP contribution in [0.1, 0.15) is 11.1 Å². The van der Waals surface area contributed by atoms with E-state index in [9.17, 15) is 0 Å². The van der Waals surface area contributed by atoms with Crippen LogP contribution in [0.25, 0.3) is 0 Å². The third-order valence-corrected chi connectivity index (χ3v) is 3.22. The Labute approximate surface area is 129 Å². The first-order valence-corrected chi connectivity index (χ1v) is 7.04. The van der Waals surface area contributed by atoms with Gasteiger partial charge in [0.1, 0.15) is 24.7 Å². The molecule has 0 fully saturated rings. The SMILES string of the molecule is Cc1ccc(Cl)c(OCCOc2ccc(CC#N)cc2)c1. The number of aryl methyl sites for hydroxylation is 1. The molecule has 0 aromatic heterocycles. The second-order valence-electron chi connectivity index (χ2n) is 4.61. The molecule has 0 unspecified atom stereocenters. The van der Waals surface area contributed by atoms with Crippen molar-refractivity contribution in [2.75, 3.05) is 13.2 Å². The van der Waals surface area contributed by atoms with E-state index in [0.29, 0.717) is 30.4 Å². The molecule has 0 heterocycles. The van der Waals surface area contributed by atoms with Gasteiger partial charge in [0.15, 0.2) is 0 Å². The summed E-state index contributed by atoms with van der Waals surface area (Å²) in [6, 6.07) is 15.3. The molecule has 0 spiro atoms. The highest BCUT2D eigenvalue weighted by Crippen LogP contribution is 2.25. The molecule has 2 aromatic rings. The molecule has 0 atom stereocenters. The minimum Gasteiger partial charge on any atom is -0.490 e. The molecule has 0 aliphatic heterocycles. The summed E-state index contributed by atoms with van der Waals surface area (Å²) in [5, 5.41) is 9.20. The predicted octanol–water partition coefficient (Wildman–Crippen LogP) is 4.17. The van der Waals surface area contributed by atoms with Crippen LogP contribution in [0.4, 0.5) is 0 Å². The molecule has 3 nitrogen and oxygen atoms in total. The normalized spacial score (nSPS) is 9.95. The average Bonchev–Trinajstić information content (AvgIpc) is 2.49. The lowest BCUT2D eigenvalue weighted by molar-refractivity contribution is 0.217. The number of nitriles is 1. The van der Waals surface area contributed by atoms with E-state index >= 15 is 0 Å². The molecule has 0 saturated heterocycles. The number of nitrogens with zero attached hydrogens (tertiary/aromatic N) is 1. The second-order valence-corrected chi connectivity index (χ2v) is 5.02. The maximum Gasteiger partial charge on any atom is 0.138 e. The van der Waals surface area contributed by atoms with Gasteiger partial charge in [-0.3, -0.25) is 0 Å². The van der Waals surface area contributed by atoms with E-state index in [1.807, 2.05) is 49.4 Å². The van der Waals surface area contributed by atoms with Gasteiger partial charge in [-0.15, -0.1) is 0 Å². The summed E-state index contributed by atoms with van der Waals surface area (Å²) in [5.74, 6) is 1.43. The van der Waals surface area contributed by atoms with E-state index in [1.54, 1.807) is 0 Å². The molecule has 2 rings (SSSR count). The van der Waals surface area contributed by atoms with Crippen molar-refractivity contribution < 1.29 is 9.47 Å². The van der Waals surface area contributed by atoms with Crippen LogP contribution >= 0.6 is 11.6 Å². The van der Waals surface area contributed by atoms with Gasteiger partial charge >= 0.3 is 0 Å². The van der Waals surface area contributed by atoms with Gasteiger partial charge < -0.3 is 9.47 Å². The summed E-state index contributed by atoms with van der Waals surface area (Å²) in [5.41, 5.74) is 2.08. The summed E-state index contributed by atoms with van der Waals surface area (Å²) in [6.45, 7) is 2.84. The number of ether oxygens (including phenoxy) is 2. The van der Waals surface area contributed by atoms with E-state index in [1.165, 1.54) is 0 Å². The number of rotatable bonds is 6. The van der Waals surface area contributed by atoms with Crippen LogP contribution in [0.15, 0.2) is 42.5 Å². The lowest BCUT2D eigenvalue weighted by atomic mass is 10.2. The van der Waals surface area contributed by atoms with E-state index < -0.39 is 0 Å². The highest BCUT2D eigenvalue weighted by Gasteiger charge is 2.02. The van der Waals surface area contributed by atoms with Crippen LogP contribution in [-0.4, -0.2) is 13.2 Å². The molecule has 2 aromatic carbocycles. The lowest BCUT2D eigenvalue weighted by Gasteiger charge is -2.10. The van der Waals surface area contributed by atoms with E-state index in [-0.39, 0.29) is 0 Å². The molecule has 0 saturated carbocycles. The molecule has 0 aliphatic carbocycles. The van der Waals surface area contributed by atoms with Gasteiger partial charge in [0.05, 0.1) is 17.5 Å². The molecule has 4 heteroatoms. The van der Waals surface area contributed by atoms with E-state index in [0.717, 1.165) is 16.9 Å². The number of halogens is 1. The van der Waals surface area contributed by atoms with Crippen molar-refractivity contribution in [2.45, 2.75) is 13.3 Å². The Kier molecular flexibility index (Phi) is 5.48. The van der Waals surface area contributed by atoms with Crippen LogP contribution < -0.4 is 9.47 Å². The minimum absolute atomic E-state index is 0.412. The van der Waals surface area contributed by atoms with Gasteiger partial charge in [0.25, 0.3) is 0 Å². The fourth-order valence-corrected chi connectivity index (χ4v) is 2.00. The minimum atomic E-state index is 0.412. The van der Waals surface area contributed by atoms with Crippen LogP contribution in [0.3, 0.4) is 0 Å². The Hall–Kier alpha value is -2.18. The van der Waals surface area contributed by atoms with Crippen molar-refractivity contribution in [2.24, 2.45) is 0 Å². The number of hydrogen-bond donors (Lipinski definition) is 0. The van der Waals surface area contributed by atoms with Crippen LogP contribution in [0, 0.1) is 18.3 Å². The number of benzene rings is 2. The third-order valence-electron chi connectivity index (χ3n) is 2.90. The highest BCUT2D eigenvalue weighted by molar-refractivity contribution is 6.32. The first kappa shape index (κ1) is 15.2. The van der Waals surface area contributed by atoms with Gasteiger partial charge in [-0.05, 0) is 42.3 Å². The zero-order chi connectivity index (χ0) is 15.1. The largest absolute Gasteiger partial charge is 0.490 e. The maximum atomic E-state index is 8.60. The summed E-state index contributed by atoms with van der Waals surface area (Å²) in [4.78, 5) is 0. The smallest absolute Gasteiger partial charge is 0.138 e. The van der Waals surface area contributed by atoms with Gasteiger partial charge in [-0.2, -0.15) is 5.26 Å². The summed E-state index contributed by atoms with van der Waals surface area (Å²) < 4.78 is 11.2. The van der Waals surface area contributed by atoms with Crippen molar-refractivity contribution in [1.29, 1.82) is 5.26 Å². The van der Waals surface area contributed by atoms with Crippen molar-refractivity contribution >= 4 is 11.6 Å². The first-order chi connectivity index (χ1) is 10.2. The zero-order valence-corrected chi connectivity index (χ0v) is 12.6. The monoisotopic (exact) mass is 301 g/mol. The predicted molar refractivity (Wildman–Crippen MR) is 82.9 cm³/mol. The highest BCUT2D eigenvalue weighted by atomic mass is 35.5. The van der Waals surface area contributed by atoms with Crippen LogP contribution in [-0.2, 0) is 6.42 Å². The van der Waals surface area contributed by atoms with Crippen LogP contribution in [0.2, 0.25) is 5.02 Å². The molecule has 0 N–H and O–H groups in total. The Balaban J connectivity index is 1.79. The zero-order valence-electron chi connectivity index (χ0n) is 11.8. The molecule has 0 bridgehead atoms. The van der Waals surface area contributed by atoms with Gasteiger partial charge in [0.2, 0.25) is 0 Å². The van der Waals surface area contributed by atoms with Crippen LogP contribution in [0.5, 0.6) is 11.5 Å². The third kappa shape index (κ3) is 4.70. The second kappa shape index (κ2) is 7.56. The van der Waals surface area contributed by atoms with Gasteiger partial charge in [-0.1, -0.05) is 29.8 Å². The molecule has 0 radical (unpaired) electrons. The first-order valence-electron chi connectivity index (χ1n) is 6.66. The van der Waals surface area contributed by atoms with E-state index in [2.05, 4.69) is 6.07 Å². The molecule has 21 heavy (non-hydrogen) atoms. The summed E-state index contributed by atoms with van der Waals surface area (Å²) >= 11 is 6.05. The van der Waals surface area contributed by atoms with Gasteiger partial charge in [0, 0.05) is 0 Å². The molecular weight excluding hydrogens is 286 g/mol. The molecular formula is C17H16ClNO2. The molecule has 0 aliphatic rings. The molecule has 108 valence electrons. The Morgan fingerprint density at radius 1 is 1.05 bits per heavy atom. The van der Waals surface area contributed by atoms with Crippen molar-refractivity contribution in [3.8, 4) is 17.6 Å². The standard InChI is InChI=1S/C17H16ClNO2/c1-13-2-7-16(18)17(12-13)21-11-10-20-15-5-3-14(4-6-15)8-9-19/h2-7,12H,8,10-11H2,1H3. The average molecular weight is 302 g/mol. The fraction of sp³-hybridized carbons (Fsp3) is 0.235. The number of hydrogen-bond acceptors (Lipinski definition) is 3. The topological polar surface area (TPSA) is 42.2 Å². The Morgan fingerprint density at radius 2 is 1.76 bits per heavy atom. The summed E-state index contributed by atoms with van der Waals surface area (Å²) in [7, 11) is 0. The molecule has 0 amide bonds. The maximum absolute atomic E-state index is 8.60. The Morgan fingerprint density at radius 3 is 2.48 bits per heavy atom.